The zero-order valence-electron chi connectivity index (χ0n) is 13.1. The predicted molar refractivity (Wildman–Crippen MR) is 93.9 cm³/mol. The summed E-state index contributed by atoms with van der Waals surface area (Å²) in [6.45, 7) is 2.02. The molecule has 0 saturated heterocycles. The van der Waals surface area contributed by atoms with Gasteiger partial charge in [-0.15, -0.1) is 5.10 Å². The van der Waals surface area contributed by atoms with Gasteiger partial charge in [0.2, 0.25) is 5.89 Å². The molecule has 4 aromatic rings. The van der Waals surface area contributed by atoms with Gasteiger partial charge >= 0.3 is 6.01 Å². The number of aryl methyl sites for hydroxylation is 1. The average Bonchev–Trinajstić information content (AvgIpc) is 3.21. The zero-order chi connectivity index (χ0) is 16.5. The Morgan fingerprint density at radius 3 is 2.83 bits per heavy atom. The van der Waals surface area contributed by atoms with E-state index < -0.39 is 0 Å². The lowest BCUT2D eigenvalue weighted by atomic mass is 10.1. The quantitative estimate of drug-likeness (QED) is 0.594. The van der Waals surface area contributed by atoms with E-state index in [-0.39, 0.29) is 0 Å². The van der Waals surface area contributed by atoms with Crippen molar-refractivity contribution in [3.05, 3.63) is 48.0 Å². The summed E-state index contributed by atoms with van der Waals surface area (Å²) in [6.07, 6.45) is 0. The highest BCUT2D eigenvalue weighted by molar-refractivity contribution is 7.22. The summed E-state index contributed by atoms with van der Waals surface area (Å²) in [5.74, 6) is 1.21. The van der Waals surface area contributed by atoms with Gasteiger partial charge in [-0.1, -0.05) is 40.2 Å². The molecule has 0 bridgehead atoms. The number of ether oxygens (including phenoxy) is 1. The highest BCUT2D eigenvalue weighted by Crippen LogP contribution is 2.33. The maximum Gasteiger partial charge on any atom is 0.322 e. The van der Waals surface area contributed by atoms with Gasteiger partial charge in [-0.3, -0.25) is 5.32 Å². The number of nitrogens with one attached hydrogen (secondary N) is 1. The topological polar surface area (TPSA) is 73.1 Å². The van der Waals surface area contributed by atoms with Crippen molar-refractivity contribution < 1.29 is 9.15 Å². The number of aromatic nitrogens is 3. The molecule has 0 radical (unpaired) electrons. The maximum absolute atomic E-state index is 5.68. The van der Waals surface area contributed by atoms with Crippen LogP contribution in [0, 0.1) is 6.92 Å². The molecule has 2 aromatic heterocycles. The van der Waals surface area contributed by atoms with E-state index in [0.29, 0.717) is 17.0 Å². The first-order valence-electron chi connectivity index (χ1n) is 7.34. The number of fused-ring (bicyclic) bond motifs is 1. The highest BCUT2D eigenvalue weighted by atomic mass is 32.1. The molecule has 0 saturated carbocycles. The molecule has 2 heterocycles. The number of methoxy groups -OCH3 is 1. The summed E-state index contributed by atoms with van der Waals surface area (Å²) >= 11 is 1.50. The third-order valence-electron chi connectivity index (χ3n) is 3.51. The number of hydrogen-bond donors (Lipinski definition) is 1. The first-order valence-corrected chi connectivity index (χ1v) is 8.16. The van der Waals surface area contributed by atoms with E-state index in [9.17, 15) is 0 Å². The largest absolute Gasteiger partial charge is 0.494 e. The second kappa shape index (κ2) is 5.93. The van der Waals surface area contributed by atoms with Crippen molar-refractivity contribution in [2.75, 3.05) is 12.4 Å². The van der Waals surface area contributed by atoms with Crippen LogP contribution in [-0.4, -0.2) is 22.3 Å². The lowest BCUT2D eigenvalue weighted by Crippen LogP contribution is -1.89. The number of rotatable bonds is 4. The van der Waals surface area contributed by atoms with E-state index in [2.05, 4.69) is 20.5 Å². The standard InChI is InChI=1S/C17H14N4O2S/c1-10-5-3-6-11(9-10)15-20-21-16(23-15)19-17-18-14-12(22-2)7-4-8-13(14)24-17/h3-9H,1-2H3,(H,18,19,21). The average molecular weight is 338 g/mol. The van der Waals surface area contributed by atoms with Crippen LogP contribution in [0.5, 0.6) is 5.75 Å². The van der Waals surface area contributed by atoms with E-state index in [1.807, 2.05) is 49.4 Å². The molecule has 0 aliphatic carbocycles. The van der Waals surface area contributed by atoms with Crippen LogP contribution >= 0.6 is 11.3 Å². The Bertz CT molecular complexity index is 1010. The maximum atomic E-state index is 5.68. The Hall–Kier alpha value is -2.93. The zero-order valence-corrected chi connectivity index (χ0v) is 13.9. The Labute approximate surface area is 142 Å². The van der Waals surface area contributed by atoms with Crippen LogP contribution in [0.3, 0.4) is 0 Å². The van der Waals surface area contributed by atoms with E-state index >= 15 is 0 Å². The predicted octanol–water partition coefficient (Wildman–Crippen LogP) is 4.41. The van der Waals surface area contributed by atoms with E-state index in [1.54, 1.807) is 7.11 Å². The summed E-state index contributed by atoms with van der Waals surface area (Å²) < 4.78 is 12.0. The number of nitrogens with zero attached hydrogens (tertiary/aromatic N) is 3. The molecule has 6 nitrogen and oxygen atoms in total. The molecule has 120 valence electrons. The Morgan fingerprint density at radius 1 is 1.12 bits per heavy atom. The molecule has 0 fully saturated rings. The Morgan fingerprint density at radius 2 is 2.00 bits per heavy atom. The summed E-state index contributed by atoms with van der Waals surface area (Å²) in [5, 5.41) is 11.9. The Kier molecular flexibility index (Phi) is 3.62. The van der Waals surface area contributed by atoms with Crippen molar-refractivity contribution in [3.8, 4) is 17.2 Å². The fourth-order valence-corrected chi connectivity index (χ4v) is 3.27. The first kappa shape index (κ1) is 14.6. The molecule has 0 spiro atoms. The first-order chi connectivity index (χ1) is 11.7. The van der Waals surface area contributed by atoms with Gasteiger partial charge < -0.3 is 9.15 Å². The van der Waals surface area contributed by atoms with Gasteiger partial charge in [0, 0.05) is 5.56 Å². The molecule has 0 aliphatic heterocycles. The number of anilines is 2. The van der Waals surface area contributed by atoms with Crippen LogP contribution in [0.1, 0.15) is 5.56 Å². The van der Waals surface area contributed by atoms with E-state index in [0.717, 1.165) is 27.1 Å². The lowest BCUT2D eigenvalue weighted by molar-refractivity contribution is 0.419. The van der Waals surface area contributed by atoms with Gasteiger partial charge in [0.15, 0.2) is 5.13 Å². The van der Waals surface area contributed by atoms with Crippen molar-refractivity contribution in [1.82, 2.24) is 15.2 Å². The van der Waals surface area contributed by atoms with E-state index in [4.69, 9.17) is 9.15 Å². The fraction of sp³-hybridized carbons (Fsp3) is 0.118. The monoisotopic (exact) mass is 338 g/mol. The van der Waals surface area contributed by atoms with Gasteiger partial charge in [-0.25, -0.2) is 4.98 Å². The summed E-state index contributed by atoms with van der Waals surface area (Å²) in [5.41, 5.74) is 2.84. The summed E-state index contributed by atoms with van der Waals surface area (Å²) in [4.78, 5) is 4.53. The lowest BCUT2D eigenvalue weighted by Gasteiger charge is -1.98. The molecular formula is C17H14N4O2S. The molecular weight excluding hydrogens is 324 g/mol. The molecule has 2 aromatic carbocycles. The van der Waals surface area contributed by atoms with Gasteiger partial charge in [0.05, 0.1) is 11.8 Å². The minimum Gasteiger partial charge on any atom is -0.494 e. The van der Waals surface area contributed by atoms with E-state index in [1.165, 1.54) is 11.3 Å². The molecule has 0 unspecified atom stereocenters. The Balaban J connectivity index is 1.62. The minimum absolute atomic E-state index is 0.310. The molecule has 7 heteroatoms. The molecule has 0 atom stereocenters. The molecule has 0 amide bonds. The van der Waals surface area contributed by atoms with Crippen LogP contribution < -0.4 is 10.1 Å². The number of hydrogen-bond acceptors (Lipinski definition) is 7. The summed E-state index contributed by atoms with van der Waals surface area (Å²) in [6, 6.07) is 14.0. The van der Waals surface area contributed by atoms with Gasteiger partial charge in [-0.2, -0.15) is 0 Å². The van der Waals surface area contributed by atoms with Crippen LogP contribution in [0.15, 0.2) is 46.9 Å². The van der Waals surface area contributed by atoms with Gasteiger partial charge in [0.25, 0.3) is 0 Å². The molecule has 4 rings (SSSR count). The van der Waals surface area contributed by atoms with Crippen LogP contribution in [-0.2, 0) is 0 Å². The SMILES string of the molecule is COc1cccc2sc(Nc3nnc(-c4cccc(C)c4)o3)nc12. The third-order valence-corrected chi connectivity index (χ3v) is 4.44. The van der Waals surface area contributed by atoms with Crippen LogP contribution in [0.2, 0.25) is 0 Å². The van der Waals surface area contributed by atoms with Gasteiger partial charge in [0.1, 0.15) is 11.3 Å². The van der Waals surface area contributed by atoms with Crippen LogP contribution in [0.4, 0.5) is 11.1 Å². The second-order valence-electron chi connectivity index (χ2n) is 5.23. The van der Waals surface area contributed by atoms with Crippen molar-refractivity contribution in [2.24, 2.45) is 0 Å². The van der Waals surface area contributed by atoms with Crippen molar-refractivity contribution in [2.45, 2.75) is 6.92 Å². The third kappa shape index (κ3) is 2.69. The minimum atomic E-state index is 0.310. The van der Waals surface area contributed by atoms with Crippen molar-refractivity contribution >= 4 is 32.7 Å². The number of benzene rings is 2. The smallest absolute Gasteiger partial charge is 0.322 e. The van der Waals surface area contributed by atoms with Crippen molar-refractivity contribution in [3.63, 3.8) is 0 Å². The van der Waals surface area contributed by atoms with Crippen molar-refractivity contribution in [1.29, 1.82) is 0 Å². The molecule has 24 heavy (non-hydrogen) atoms. The fourth-order valence-electron chi connectivity index (χ4n) is 2.40. The van der Waals surface area contributed by atoms with Crippen LogP contribution in [0.25, 0.3) is 21.7 Å². The number of thiazole rings is 1. The highest BCUT2D eigenvalue weighted by Gasteiger charge is 2.12. The summed E-state index contributed by atoms with van der Waals surface area (Å²) in [7, 11) is 1.63. The second-order valence-corrected chi connectivity index (χ2v) is 6.26. The normalized spacial score (nSPS) is 10.9. The molecule has 1 N–H and O–H groups in total. The number of para-hydroxylation sites is 1. The molecule has 0 aliphatic rings. The van der Waals surface area contributed by atoms with Gasteiger partial charge in [-0.05, 0) is 31.2 Å².